The van der Waals surface area contributed by atoms with E-state index in [-0.39, 0.29) is 43.6 Å². The van der Waals surface area contributed by atoms with Crippen molar-refractivity contribution in [2.24, 2.45) is 28.2 Å². The molecule has 0 aliphatic heterocycles. The standard InChI is InChI=1S/C26H23BrClFN4O5S2/c1-30-21(34)18(22(35)31(2)25(30)39)17(19-23(36)32(3)26(40)33(4)24(19)37)13-9-14(27)20(15(28)10-13)38-11-12-7-5-6-8-16(12)29/h5-10,17,34,36H,11H2,1-4H3. The minimum atomic E-state index is -1.32. The van der Waals surface area contributed by atoms with Crippen LogP contribution in [0.25, 0.3) is 0 Å². The molecule has 2 N–H and O–H groups in total. The number of rotatable bonds is 6. The van der Waals surface area contributed by atoms with Crippen LogP contribution in [0.15, 0.2) is 50.5 Å². The van der Waals surface area contributed by atoms with E-state index >= 15 is 0 Å². The van der Waals surface area contributed by atoms with Gasteiger partial charge in [0, 0.05) is 33.8 Å². The predicted octanol–water partition coefficient (Wildman–Crippen LogP) is 4.95. The van der Waals surface area contributed by atoms with Crippen molar-refractivity contribution in [2.45, 2.75) is 12.5 Å². The molecule has 0 aliphatic carbocycles. The molecule has 0 saturated heterocycles. The van der Waals surface area contributed by atoms with E-state index in [2.05, 4.69) is 15.9 Å². The van der Waals surface area contributed by atoms with Gasteiger partial charge in [0.15, 0.2) is 15.3 Å². The molecule has 210 valence electrons. The number of hydrogen-bond acceptors (Lipinski definition) is 7. The zero-order valence-corrected chi connectivity index (χ0v) is 25.6. The van der Waals surface area contributed by atoms with E-state index in [4.69, 9.17) is 40.8 Å². The van der Waals surface area contributed by atoms with Crippen molar-refractivity contribution in [2.75, 3.05) is 0 Å². The van der Waals surface area contributed by atoms with Crippen molar-refractivity contribution in [3.63, 3.8) is 0 Å². The summed E-state index contributed by atoms with van der Waals surface area (Å²) in [5, 5.41) is 22.3. The Morgan fingerprint density at radius 2 is 1.43 bits per heavy atom. The molecule has 0 fully saturated rings. The molecule has 0 atom stereocenters. The fourth-order valence-electron chi connectivity index (χ4n) is 4.35. The first kappa shape index (κ1) is 29.7. The number of halogens is 3. The molecule has 0 spiro atoms. The maximum atomic E-state index is 14.1. The molecule has 0 bridgehead atoms. The van der Waals surface area contributed by atoms with E-state index in [1.54, 1.807) is 18.2 Å². The fourth-order valence-corrected chi connectivity index (χ4v) is 5.68. The lowest BCUT2D eigenvalue weighted by atomic mass is 9.86. The Morgan fingerprint density at radius 3 is 1.90 bits per heavy atom. The van der Waals surface area contributed by atoms with Crippen molar-refractivity contribution < 1.29 is 19.3 Å². The summed E-state index contributed by atoms with van der Waals surface area (Å²) in [4.78, 5) is 27.1. The number of hydrogen-bond donors (Lipinski definition) is 2. The minimum Gasteiger partial charge on any atom is -0.494 e. The summed E-state index contributed by atoms with van der Waals surface area (Å²) in [5.41, 5.74) is -1.28. The maximum Gasteiger partial charge on any atom is 0.262 e. The van der Waals surface area contributed by atoms with E-state index in [1.807, 2.05) is 0 Å². The van der Waals surface area contributed by atoms with Gasteiger partial charge in [0.2, 0.25) is 11.8 Å². The van der Waals surface area contributed by atoms with Gasteiger partial charge in [0.05, 0.1) is 26.5 Å². The summed E-state index contributed by atoms with van der Waals surface area (Å²) in [6.07, 6.45) is 0. The molecule has 0 saturated carbocycles. The van der Waals surface area contributed by atoms with E-state index in [1.165, 1.54) is 55.5 Å². The highest BCUT2D eigenvalue weighted by Gasteiger charge is 2.33. The average molecular weight is 670 g/mol. The molecule has 0 unspecified atom stereocenters. The van der Waals surface area contributed by atoms with Gasteiger partial charge >= 0.3 is 0 Å². The number of aromatic hydroxyl groups is 2. The van der Waals surface area contributed by atoms with Gasteiger partial charge in [-0.2, -0.15) is 0 Å². The van der Waals surface area contributed by atoms with Crippen molar-refractivity contribution >= 4 is 52.0 Å². The predicted molar refractivity (Wildman–Crippen MR) is 157 cm³/mol. The van der Waals surface area contributed by atoms with Gasteiger partial charge in [-0.25, -0.2) is 4.39 Å². The van der Waals surface area contributed by atoms with Crippen molar-refractivity contribution in [3.05, 3.63) is 104 Å². The summed E-state index contributed by atoms with van der Waals surface area (Å²) < 4.78 is 25.0. The van der Waals surface area contributed by atoms with Crippen LogP contribution in [0, 0.1) is 15.4 Å². The molecule has 0 radical (unpaired) electrons. The molecule has 4 rings (SSSR count). The largest absolute Gasteiger partial charge is 0.494 e. The summed E-state index contributed by atoms with van der Waals surface area (Å²) in [7, 11) is 5.78. The second-order valence-electron chi connectivity index (χ2n) is 9.01. The minimum absolute atomic E-state index is 0.0321. The first-order valence-corrected chi connectivity index (χ1v) is 13.6. The molecule has 0 amide bonds. The number of nitrogens with zero attached hydrogens (tertiary/aromatic N) is 4. The molecule has 2 aromatic carbocycles. The third kappa shape index (κ3) is 5.02. The lowest BCUT2D eigenvalue weighted by Gasteiger charge is -2.24. The highest BCUT2D eigenvalue weighted by Crippen LogP contribution is 2.42. The Bertz CT molecular complexity index is 1810. The topological polar surface area (TPSA) is 104 Å². The Labute approximate surface area is 251 Å². The van der Waals surface area contributed by atoms with Gasteiger partial charge in [-0.3, -0.25) is 27.9 Å². The molecule has 9 nitrogen and oxygen atoms in total. The monoisotopic (exact) mass is 668 g/mol. The molecule has 14 heteroatoms. The second-order valence-corrected chi connectivity index (χ2v) is 11.0. The van der Waals surface area contributed by atoms with Crippen molar-refractivity contribution in [1.29, 1.82) is 0 Å². The van der Waals surface area contributed by atoms with E-state index in [9.17, 15) is 24.2 Å². The number of ether oxygens (including phenoxy) is 1. The SMILES string of the molecule is Cn1c(O)c(C(c2cc(Cl)c(OCc3ccccc3F)c(Br)c2)c2c(O)n(C)c(=S)n(C)c2=O)c(=O)n(C)c1=S. The molecule has 0 aliphatic rings. The third-order valence-electron chi connectivity index (χ3n) is 6.60. The zero-order chi connectivity index (χ0) is 29.6. The summed E-state index contributed by atoms with van der Waals surface area (Å²) in [5.74, 6) is -2.59. The van der Waals surface area contributed by atoms with Gasteiger partial charge in [-0.15, -0.1) is 0 Å². The van der Waals surface area contributed by atoms with Crippen LogP contribution in [0.4, 0.5) is 4.39 Å². The van der Waals surface area contributed by atoms with E-state index < -0.39 is 34.6 Å². The van der Waals surface area contributed by atoms with Crippen LogP contribution in [0.3, 0.4) is 0 Å². The zero-order valence-electron chi connectivity index (χ0n) is 21.6. The third-order valence-corrected chi connectivity index (χ3v) is 8.56. The molecular formula is C26H23BrClFN4O5S2. The molecule has 4 aromatic rings. The summed E-state index contributed by atoms with van der Waals surface area (Å²) in [6, 6.07) is 9.10. The van der Waals surface area contributed by atoms with Crippen LogP contribution < -0.4 is 15.9 Å². The summed E-state index contributed by atoms with van der Waals surface area (Å²) in [6.45, 7) is -0.122. The van der Waals surface area contributed by atoms with Crippen LogP contribution in [0.1, 0.15) is 28.2 Å². The fraction of sp³-hybridized carbons (Fsp3) is 0.231. The van der Waals surface area contributed by atoms with E-state index in [0.717, 1.165) is 9.13 Å². The van der Waals surface area contributed by atoms with Crippen LogP contribution in [-0.2, 0) is 34.8 Å². The van der Waals surface area contributed by atoms with Crippen LogP contribution in [0.2, 0.25) is 5.02 Å². The quantitative estimate of drug-likeness (QED) is 0.280. The van der Waals surface area contributed by atoms with Gasteiger partial charge in [0.1, 0.15) is 12.4 Å². The number of aromatic nitrogens is 4. The van der Waals surface area contributed by atoms with Crippen molar-refractivity contribution in [1.82, 2.24) is 18.3 Å². The van der Waals surface area contributed by atoms with Gasteiger partial charge < -0.3 is 14.9 Å². The lowest BCUT2D eigenvalue weighted by Crippen LogP contribution is -2.33. The van der Waals surface area contributed by atoms with Gasteiger partial charge in [-0.05, 0) is 64.1 Å². The molecular weight excluding hydrogens is 647 g/mol. The van der Waals surface area contributed by atoms with Crippen LogP contribution in [0.5, 0.6) is 17.5 Å². The summed E-state index contributed by atoms with van der Waals surface area (Å²) >= 11 is 20.5. The molecule has 2 heterocycles. The Balaban J connectivity index is 2.01. The van der Waals surface area contributed by atoms with Crippen LogP contribution in [-0.4, -0.2) is 28.5 Å². The highest BCUT2D eigenvalue weighted by atomic mass is 79.9. The number of benzene rings is 2. The first-order valence-electron chi connectivity index (χ1n) is 11.6. The highest BCUT2D eigenvalue weighted by molar-refractivity contribution is 9.10. The Morgan fingerprint density at radius 1 is 0.925 bits per heavy atom. The Hall–Kier alpha value is -3.26. The van der Waals surface area contributed by atoms with Crippen molar-refractivity contribution in [3.8, 4) is 17.5 Å². The lowest BCUT2D eigenvalue weighted by molar-refractivity contribution is 0.298. The average Bonchev–Trinajstić information content (AvgIpc) is 2.92. The first-order chi connectivity index (χ1) is 18.8. The van der Waals surface area contributed by atoms with E-state index in [0.29, 0.717) is 10.0 Å². The molecule has 40 heavy (non-hydrogen) atoms. The Kier molecular flexibility index (Phi) is 8.41. The molecule has 2 aromatic heterocycles. The van der Waals surface area contributed by atoms with Gasteiger partial charge in [0.25, 0.3) is 11.1 Å². The second kappa shape index (κ2) is 11.3. The van der Waals surface area contributed by atoms with Gasteiger partial charge in [-0.1, -0.05) is 29.8 Å². The maximum absolute atomic E-state index is 14.1. The smallest absolute Gasteiger partial charge is 0.262 e. The normalized spacial score (nSPS) is 11.3. The van der Waals surface area contributed by atoms with Crippen LogP contribution >= 0.6 is 52.0 Å².